The summed E-state index contributed by atoms with van der Waals surface area (Å²) in [4.78, 5) is 0. The molecular formula is C15H15F2N. The molecule has 18 heavy (non-hydrogen) atoms. The van der Waals surface area contributed by atoms with Crippen molar-refractivity contribution < 1.29 is 8.78 Å². The van der Waals surface area contributed by atoms with Crippen molar-refractivity contribution >= 4 is 0 Å². The standard InChI is InChI=1S/C15H15F2N/c16-13-7-6-12(15(17)10-13)9-14(18)8-11-4-2-1-3-5-11/h1-7,10,14H,8-9,18H2. The van der Waals surface area contributed by atoms with Gasteiger partial charge in [0.15, 0.2) is 0 Å². The van der Waals surface area contributed by atoms with Crippen molar-refractivity contribution in [1.29, 1.82) is 0 Å². The molecule has 2 aromatic rings. The predicted molar refractivity (Wildman–Crippen MR) is 68.2 cm³/mol. The monoisotopic (exact) mass is 247 g/mol. The van der Waals surface area contributed by atoms with Crippen LogP contribution in [0.2, 0.25) is 0 Å². The third-order valence-electron chi connectivity index (χ3n) is 2.84. The fourth-order valence-electron chi connectivity index (χ4n) is 1.96. The summed E-state index contributed by atoms with van der Waals surface area (Å²) in [5.74, 6) is -1.09. The fraction of sp³-hybridized carbons (Fsp3) is 0.200. The van der Waals surface area contributed by atoms with Gasteiger partial charge in [-0.3, -0.25) is 0 Å². The number of rotatable bonds is 4. The van der Waals surface area contributed by atoms with Gasteiger partial charge in [-0.2, -0.15) is 0 Å². The van der Waals surface area contributed by atoms with Gasteiger partial charge in [-0.15, -0.1) is 0 Å². The predicted octanol–water partition coefficient (Wildman–Crippen LogP) is 3.08. The van der Waals surface area contributed by atoms with Crippen molar-refractivity contribution in [3.05, 3.63) is 71.3 Å². The third kappa shape index (κ3) is 3.37. The molecule has 0 heterocycles. The van der Waals surface area contributed by atoms with Crippen LogP contribution in [0, 0.1) is 11.6 Å². The molecule has 0 aromatic heterocycles. The van der Waals surface area contributed by atoms with E-state index in [1.165, 1.54) is 12.1 Å². The number of hydrogen-bond donors (Lipinski definition) is 1. The Hall–Kier alpha value is -1.74. The van der Waals surface area contributed by atoms with Crippen LogP contribution >= 0.6 is 0 Å². The number of nitrogens with two attached hydrogens (primary N) is 1. The highest BCUT2D eigenvalue weighted by molar-refractivity contribution is 5.21. The molecular weight excluding hydrogens is 232 g/mol. The minimum Gasteiger partial charge on any atom is -0.327 e. The van der Waals surface area contributed by atoms with Crippen molar-refractivity contribution in [3.63, 3.8) is 0 Å². The lowest BCUT2D eigenvalue weighted by molar-refractivity contribution is 0.558. The minimum absolute atomic E-state index is 0.174. The lowest BCUT2D eigenvalue weighted by Crippen LogP contribution is -2.26. The Labute approximate surface area is 105 Å². The molecule has 0 saturated carbocycles. The fourth-order valence-corrected chi connectivity index (χ4v) is 1.96. The van der Waals surface area contributed by atoms with Crippen molar-refractivity contribution in [2.75, 3.05) is 0 Å². The molecule has 0 fully saturated rings. The molecule has 0 spiro atoms. The van der Waals surface area contributed by atoms with Crippen molar-refractivity contribution in [3.8, 4) is 0 Å². The normalized spacial score (nSPS) is 12.4. The second kappa shape index (κ2) is 5.74. The van der Waals surface area contributed by atoms with Crippen LogP contribution in [0.4, 0.5) is 8.78 Å². The van der Waals surface area contributed by atoms with Crippen molar-refractivity contribution in [2.24, 2.45) is 5.73 Å². The lowest BCUT2D eigenvalue weighted by atomic mass is 9.99. The van der Waals surface area contributed by atoms with Crippen LogP contribution in [0.1, 0.15) is 11.1 Å². The summed E-state index contributed by atoms with van der Waals surface area (Å²) in [5.41, 5.74) is 7.56. The molecule has 0 radical (unpaired) electrons. The SMILES string of the molecule is NC(Cc1ccccc1)Cc1ccc(F)cc1F. The highest BCUT2D eigenvalue weighted by Crippen LogP contribution is 2.13. The van der Waals surface area contributed by atoms with Crippen molar-refractivity contribution in [1.82, 2.24) is 0 Å². The summed E-state index contributed by atoms with van der Waals surface area (Å²) < 4.78 is 26.2. The molecule has 2 aromatic carbocycles. The maximum atomic E-state index is 13.5. The summed E-state index contributed by atoms with van der Waals surface area (Å²) >= 11 is 0. The van der Waals surface area contributed by atoms with Crippen LogP contribution < -0.4 is 5.73 Å². The van der Waals surface area contributed by atoms with E-state index in [0.717, 1.165) is 11.6 Å². The molecule has 3 heteroatoms. The van der Waals surface area contributed by atoms with E-state index in [4.69, 9.17) is 5.73 Å². The zero-order chi connectivity index (χ0) is 13.0. The molecule has 1 nitrogen and oxygen atoms in total. The zero-order valence-corrected chi connectivity index (χ0v) is 9.94. The Morgan fingerprint density at radius 3 is 2.33 bits per heavy atom. The summed E-state index contributed by atoms with van der Waals surface area (Å²) in [7, 11) is 0. The first-order valence-corrected chi connectivity index (χ1v) is 5.88. The average Bonchev–Trinajstić information content (AvgIpc) is 2.34. The largest absolute Gasteiger partial charge is 0.327 e. The second-order valence-corrected chi connectivity index (χ2v) is 4.39. The van der Waals surface area contributed by atoms with Crippen molar-refractivity contribution in [2.45, 2.75) is 18.9 Å². The molecule has 0 saturated heterocycles. The van der Waals surface area contributed by atoms with E-state index < -0.39 is 11.6 Å². The molecule has 2 N–H and O–H groups in total. The summed E-state index contributed by atoms with van der Waals surface area (Å²) in [6.45, 7) is 0. The van der Waals surface area contributed by atoms with E-state index in [1.54, 1.807) is 0 Å². The van der Waals surface area contributed by atoms with E-state index >= 15 is 0 Å². The molecule has 1 atom stereocenters. The van der Waals surface area contributed by atoms with E-state index in [2.05, 4.69) is 0 Å². The molecule has 0 bridgehead atoms. The van der Waals surface area contributed by atoms with E-state index in [1.807, 2.05) is 30.3 Å². The first-order chi connectivity index (χ1) is 8.65. The maximum Gasteiger partial charge on any atom is 0.129 e. The van der Waals surface area contributed by atoms with Gasteiger partial charge < -0.3 is 5.73 Å². The van der Waals surface area contributed by atoms with Gasteiger partial charge in [-0.25, -0.2) is 8.78 Å². The molecule has 94 valence electrons. The molecule has 0 aliphatic rings. The smallest absolute Gasteiger partial charge is 0.129 e. The first-order valence-electron chi connectivity index (χ1n) is 5.88. The van der Waals surface area contributed by atoms with Gasteiger partial charge in [0.25, 0.3) is 0 Å². The third-order valence-corrected chi connectivity index (χ3v) is 2.84. The highest BCUT2D eigenvalue weighted by Gasteiger charge is 2.09. The van der Waals surface area contributed by atoms with Crippen LogP contribution in [0.3, 0.4) is 0 Å². The second-order valence-electron chi connectivity index (χ2n) is 4.39. The quantitative estimate of drug-likeness (QED) is 0.882. The molecule has 0 aliphatic carbocycles. The molecule has 0 aliphatic heterocycles. The summed E-state index contributed by atoms with van der Waals surface area (Å²) in [5, 5.41) is 0. The Morgan fingerprint density at radius 2 is 1.67 bits per heavy atom. The Balaban J connectivity index is 2.01. The van der Waals surface area contributed by atoms with Gasteiger partial charge in [-0.1, -0.05) is 36.4 Å². The zero-order valence-electron chi connectivity index (χ0n) is 9.94. The lowest BCUT2D eigenvalue weighted by Gasteiger charge is -2.12. The molecule has 2 rings (SSSR count). The summed E-state index contributed by atoms with van der Waals surface area (Å²) in [6.07, 6.45) is 1.08. The maximum absolute atomic E-state index is 13.5. The number of hydrogen-bond acceptors (Lipinski definition) is 1. The highest BCUT2D eigenvalue weighted by atomic mass is 19.1. The molecule has 0 amide bonds. The van der Waals surface area contributed by atoms with Gasteiger partial charge >= 0.3 is 0 Å². The van der Waals surface area contributed by atoms with Crippen LogP contribution in [-0.4, -0.2) is 6.04 Å². The topological polar surface area (TPSA) is 26.0 Å². The first kappa shape index (κ1) is 12.7. The van der Waals surface area contributed by atoms with Gasteiger partial charge in [0.05, 0.1) is 0 Å². The minimum atomic E-state index is -0.562. The van der Waals surface area contributed by atoms with E-state index in [-0.39, 0.29) is 6.04 Å². The number of benzene rings is 2. The van der Waals surface area contributed by atoms with Gasteiger partial charge in [-0.05, 0) is 30.0 Å². The van der Waals surface area contributed by atoms with E-state index in [9.17, 15) is 8.78 Å². The molecule has 1 unspecified atom stereocenters. The van der Waals surface area contributed by atoms with E-state index in [0.29, 0.717) is 18.4 Å². The number of halogens is 2. The van der Waals surface area contributed by atoms with Crippen LogP contribution in [0.5, 0.6) is 0 Å². The van der Waals surface area contributed by atoms with Gasteiger partial charge in [0.2, 0.25) is 0 Å². The van der Waals surface area contributed by atoms with Crippen LogP contribution in [-0.2, 0) is 12.8 Å². The van der Waals surface area contributed by atoms with Crippen LogP contribution in [0.25, 0.3) is 0 Å². The Kier molecular flexibility index (Phi) is 4.05. The average molecular weight is 247 g/mol. The van der Waals surface area contributed by atoms with Gasteiger partial charge in [0, 0.05) is 12.1 Å². The summed E-state index contributed by atoms with van der Waals surface area (Å²) in [6, 6.07) is 13.2. The Morgan fingerprint density at radius 1 is 0.944 bits per heavy atom. The van der Waals surface area contributed by atoms with Gasteiger partial charge in [0.1, 0.15) is 11.6 Å². The van der Waals surface area contributed by atoms with Crippen LogP contribution in [0.15, 0.2) is 48.5 Å². The Bertz CT molecular complexity index is 511.